The van der Waals surface area contributed by atoms with Crippen LogP contribution in [0.15, 0.2) is 24.3 Å². The molecule has 0 radical (unpaired) electrons. The lowest BCUT2D eigenvalue weighted by atomic mass is 9.99. The molecule has 1 aromatic rings. The average molecular weight is 305 g/mol. The van der Waals surface area contributed by atoms with Crippen LogP contribution in [0.3, 0.4) is 0 Å². The Balaban J connectivity index is 3.03. The number of carbonyl (C=O) groups is 2. The van der Waals surface area contributed by atoms with Crippen molar-refractivity contribution < 1.29 is 14.3 Å². The molecule has 4 nitrogen and oxygen atoms in total. The predicted molar refractivity (Wildman–Crippen MR) is 87.6 cm³/mol. The molecule has 0 saturated heterocycles. The summed E-state index contributed by atoms with van der Waals surface area (Å²) in [6.45, 7) is 11.6. The minimum atomic E-state index is -0.909. The molecule has 0 saturated carbocycles. The van der Waals surface area contributed by atoms with Crippen molar-refractivity contribution in [1.82, 2.24) is 5.32 Å². The van der Waals surface area contributed by atoms with E-state index in [1.54, 1.807) is 6.92 Å². The number of carbonyl (C=O) groups excluding carboxylic acids is 2. The summed E-state index contributed by atoms with van der Waals surface area (Å²) in [7, 11) is 0. The van der Waals surface area contributed by atoms with Crippen LogP contribution in [0.4, 0.5) is 0 Å². The molecule has 0 aliphatic carbocycles. The van der Waals surface area contributed by atoms with Gasteiger partial charge in [0.25, 0.3) is 5.91 Å². The number of nitrogens with one attached hydrogen (secondary N) is 1. The van der Waals surface area contributed by atoms with E-state index >= 15 is 0 Å². The number of ether oxygens (including phenoxy) is 1. The van der Waals surface area contributed by atoms with E-state index in [-0.39, 0.29) is 23.8 Å². The van der Waals surface area contributed by atoms with E-state index < -0.39 is 6.10 Å². The van der Waals surface area contributed by atoms with Crippen LogP contribution in [0.5, 0.6) is 0 Å². The summed E-state index contributed by atoms with van der Waals surface area (Å²) in [5.41, 5.74) is 1.49. The van der Waals surface area contributed by atoms with Crippen LogP contribution in [0.1, 0.15) is 71.1 Å². The SMILES string of the molecule is CCC(=O)OC(C(=O)NC(C)(C)C)c1ccc(C(C)C)cc1. The van der Waals surface area contributed by atoms with E-state index in [2.05, 4.69) is 19.2 Å². The Morgan fingerprint density at radius 2 is 1.59 bits per heavy atom. The number of amides is 1. The van der Waals surface area contributed by atoms with Crippen molar-refractivity contribution in [2.75, 3.05) is 0 Å². The Labute approximate surface area is 133 Å². The summed E-state index contributed by atoms with van der Waals surface area (Å²) < 4.78 is 5.34. The van der Waals surface area contributed by atoms with Crippen LogP contribution in [0, 0.1) is 0 Å². The first-order valence-electron chi connectivity index (χ1n) is 7.75. The lowest BCUT2D eigenvalue weighted by Gasteiger charge is -2.25. The molecule has 0 fully saturated rings. The largest absolute Gasteiger partial charge is 0.447 e. The van der Waals surface area contributed by atoms with Crippen LogP contribution in [-0.2, 0) is 14.3 Å². The van der Waals surface area contributed by atoms with Crippen LogP contribution in [0.2, 0.25) is 0 Å². The Bertz CT molecular complexity index is 512. The van der Waals surface area contributed by atoms with Gasteiger partial charge in [0.05, 0.1) is 0 Å². The zero-order chi connectivity index (χ0) is 16.9. The molecule has 4 heteroatoms. The van der Waals surface area contributed by atoms with Crippen molar-refractivity contribution in [3.63, 3.8) is 0 Å². The van der Waals surface area contributed by atoms with Gasteiger partial charge >= 0.3 is 5.97 Å². The topological polar surface area (TPSA) is 55.4 Å². The third-order valence-electron chi connectivity index (χ3n) is 3.18. The summed E-state index contributed by atoms with van der Waals surface area (Å²) >= 11 is 0. The van der Waals surface area contributed by atoms with Gasteiger partial charge in [0, 0.05) is 17.5 Å². The molecule has 0 aliphatic heterocycles. The zero-order valence-electron chi connectivity index (χ0n) is 14.4. The van der Waals surface area contributed by atoms with Gasteiger partial charge in [-0.2, -0.15) is 0 Å². The minimum Gasteiger partial charge on any atom is -0.447 e. The van der Waals surface area contributed by atoms with Crippen LogP contribution in [0.25, 0.3) is 0 Å². The summed E-state index contributed by atoms with van der Waals surface area (Å²) in [4.78, 5) is 24.1. The number of hydrogen-bond acceptors (Lipinski definition) is 3. The van der Waals surface area contributed by atoms with Crippen molar-refractivity contribution in [3.05, 3.63) is 35.4 Å². The molecule has 122 valence electrons. The molecule has 1 unspecified atom stereocenters. The second-order valence-electron chi connectivity index (χ2n) is 6.78. The average Bonchev–Trinajstić information content (AvgIpc) is 2.42. The van der Waals surface area contributed by atoms with Gasteiger partial charge in [-0.25, -0.2) is 0 Å². The van der Waals surface area contributed by atoms with Crippen LogP contribution < -0.4 is 5.32 Å². The fourth-order valence-corrected chi connectivity index (χ4v) is 1.98. The quantitative estimate of drug-likeness (QED) is 0.844. The fraction of sp³-hybridized carbons (Fsp3) is 0.556. The highest BCUT2D eigenvalue weighted by atomic mass is 16.5. The second kappa shape index (κ2) is 7.43. The molecule has 1 amide bonds. The molecule has 1 N–H and O–H groups in total. The van der Waals surface area contributed by atoms with Gasteiger partial charge in [-0.05, 0) is 32.3 Å². The monoisotopic (exact) mass is 305 g/mol. The Morgan fingerprint density at radius 3 is 2.00 bits per heavy atom. The third-order valence-corrected chi connectivity index (χ3v) is 3.18. The molecular weight excluding hydrogens is 278 g/mol. The second-order valence-corrected chi connectivity index (χ2v) is 6.78. The van der Waals surface area contributed by atoms with Gasteiger partial charge in [0.1, 0.15) is 0 Å². The Kier molecular flexibility index (Phi) is 6.15. The molecule has 0 heterocycles. The number of hydrogen-bond donors (Lipinski definition) is 1. The molecule has 22 heavy (non-hydrogen) atoms. The van der Waals surface area contributed by atoms with Gasteiger partial charge in [-0.3, -0.25) is 9.59 Å². The third kappa shape index (κ3) is 5.51. The smallest absolute Gasteiger partial charge is 0.306 e. The van der Waals surface area contributed by atoms with E-state index in [0.29, 0.717) is 11.5 Å². The molecule has 0 bridgehead atoms. The van der Waals surface area contributed by atoms with E-state index in [1.807, 2.05) is 45.0 Å². The maximum Gasteiger partial charge on any atom is 0.306 e. The first-order chi connectivity index (χ1) is 10.1. The van der Waals surface area contributed by atoms with Gasteiger partial charge in [0.2, 0.25) is 6.10 Å². The fourth-order valence-electron chi connectivity index (χ4n) is 1.98. The van der Waals surface area contributed by atoms with Crippen molar-refractivity contribution in [2.45, 2.75) is 65.5 Å². The van der Waals surface area contributed by atoms with E-state index in [0.717, 1.165) is 0 Å². The lowest BCUT2D eigenvalue weighted by molar-refractivity contribution is -0.156. The van der Waals surface area contributed by atoms with Crippen molar-refractivity contribution in [1.29, 1.82) is 0 Å². The first kappa shape index (κ1) is 18.2. The summed E-state index contributed by atoms with van der Waals surface area (Å²) in [6.07, 6.45) is -0.670. The van der Waals surface area contributed by atoms with Gasteiger partial charge in [-0.1, -0.05) is 45.0 Å². The molecule has 1 rings (SSSR count). The van der Waals surface area contributed by atoms with Crippen molar-refractivity contribution in [2.24, 2.45) is 0 Å². The number of esters is 1. The molecule has 1 atom stereocenters. The van der Waals surface area contributed by atoms with Gasteiger partial charge in [0.15, 0.2) is 0 Å². The minimum absolute atomic E-state index is 0.239. The Morgan fingerprint density at radius 1 is 1.09 bits per heavy atom. The van der Waals surface area contributed by atoms with Crippen molar-refractivity contribution >= 4 is 11.9 Å². The van der Waals surface area contributed by atoms with Gasteiger partial charge in [-0.15, -0.1) is 0 Å². The highest BCUT2D eigenvalue weighted by molar-refractivity contribution is 5.85. The predicted octanol–water partition coefficient (Wildman–Crippen LogP) is 3.72. The normalized spacial score (nSPS) is 12.9. The van der Waals surface area contributed by atoms with Gasteiger partial charge < -0.3 is 10.1 Å². The highest BCUT2D eigenvalue weighted by Crippen LogP contribution is 2.23. The maximum atomic E-state index is 12.4. The first-order valence-corrected chi connectivity index (χ1v) is 7.75. The van der Waals surface area contributed by atoms with Crippen LogP contribution in [-0.4, -0.2) is 17.4 Å². The van der Waals surface area contributed by atoms with E-state index in [9.17, 15) is 9.59 Å². The zero-order valence-corrected chi connectivity index (χ0v) is 14.4. The molecule has 0 spiro atoms. The number of rotatable bonds is 5. The number of benzene rings is 1. The lowest BCUT2D eigenvalue weighted by Crippen LogP contribution is -2.44. The van der Waals surface area contributed by atoms with E-state index in [1.165, 1.54) is 5.56 Å². The molecule has 1 aromatic carbocycles. The highest BCUT2D eigenvalue weighted by Gasteiger charge is 2.27. The Hall–Kier alpha value is -1.84. The maximum absolute atomic E-state index is 12.4. The molecular formula is C18H27NO3. The standard InChI is InChI=1S/C18H27NO3/c1-7-15(20)22-16(17(21)19-18(4,5)6)14-10-8-13(9-11-14)12(2)3/h8-12,16H,7H2,1-6H3,(H,19,21). The van der Waals surface area contributed by atoms with Crippen molar-refractivity contribution in [3.8, 4) is 0 Å². The summed E-state index contributed by atoms with van der Waals surface area (Å²) in [5.74, 6) is -0.275. The van der Waals surface area contributed by atoms with Crippen LogP contribution >= 0.6 is 0 Å². The van der Waals surface area contributed by atoms with E-state index in [4.69, 9.17) is 4.74 Å². The summed E-state index contributed by atoms with van der Waals surface area (Å²) in [6, 6.07) is 7.64. The molecule has 0 aromatic heterocycles. The summed E-state index contributed by atoms with van der Waals surface area (Å²) in [5, 5.41) is 2.87. The molecule has 0 aliphatic rings.